The molecule has 35 heavy (non-hydrogen) atoms. The number of aryl methyl sites for hydroxylation is 1. The van der Waals surface area contributed by atoms with Crippen LogP contribution in [0.4, 0.5) is 11.5 Å². The predicted molar refractivity (Wildman–Crippen MR) is 133 cm³/mol. The summed E-state index contributed by atoms with van der Waals surface area (Å²) in [5.41, 5.74) is 3.68. The van der Waals surface area contributed by atoms with Crippen LogP contribution in [0.5, 0.6) is 5.88 Å². The number of hydrogen-bond acceptors (Lipinski definition) is 9. The van der Waals surface area contributed by atoms with Gasteiger partial charge in [0, 0.05) is 56.9 Å². The van der Waals surface area contributed by atoms with Crippen LogP contribution in [0.3, 0.4) is 0 Å². The third kappa shape index (κ3) is 4.68. The van der Waals surface area contributed by atoms with Crippen molar-refractivity contribution in [2.24, 2.45) is 5.92 Å². The number of piperazine rings is 1. The summed E-state index contributed by atoms with van der Waals surface area (Å²) in [6.45, 7) is 7.33. The number of piperidine rings is 1. The molecule has 2 aliphatic rings. The highest BCUT2D eigenvalue weighted by Gasteiger charge is 2.34. The first-order valence-electron chi connectivity index (χ1n) is 12.3. The van der Waals surface area contributed by atoms with Gasteiger partial charge in [0.1, 0.15) is 12.0 Å². The van der Waals surface area contributed by atoms with Crippen LogP contribution in [0.25, 0.3) is 11.0 Å². The van der Waals surface area contributed by atoms with E-state index in [-0.39, 0.29) is 0 Å². The van der Waals surface area contributed by atoms with E-state index >= 15 is 0 Å². The number of aromatic nitrogens is 3. The van der Waals surface area contributed by atoms with Crippen LogP contribution < -0.4 is 15.0 Å². The van der Waals surface area contributed by atoms with Crippen molar-refractivity contribution in [3.63, 3.8) is 0 Å². The Morgan fingerprint density at radius 3 is 2.89 bits per heavy atom. The molecule has 0 bridgehead atoms. The Balaban J connectivity index is 0.983. The standard InChI is InChI=1S/C26H30N6O3/c1-18-23(17-34-29-18)27-12-19-7-9-25(28-13-19)33-16-20-6-8-21-15-32(11-10-31(21)14-20)26-22-4-2-3-5-24(22)35-30-26/h2-5,7,9,13,17,20-21,27H,6,8,10-12,14-16H2,1H3/t20-,21+/m1/s1. The number of para-hydroxylation sites is 1. The lowest BCUT2D eigenvalue weighted by molar-refractivity contribution is 0.0717. The number of nitrogens with one attached hydrogen (secondary N) is 1. The van der Waals surface area contributed by atoms with Gasteiger partial charge in [-0.15, -0.1) is 0 Å². The zero-order valence-corrected chi connectivity index (χ0v) is 19.9. The van der Waals surface area contributed by atoms with Gasteiger partial charge in [0.15, 0.2) is 11.4 Å². The van der Waals surface area contributed by atoms with Gasteiger partial charge < -0.3 is 24.0 Å². The highest BCUT2D eigenvalue weighted by molar-refractivity contribution is 5.88. The van der Waals surface area contributed by atoms with Crippen molar-refractivity contribution in [3.8, 4) is 5.88 Å². The number of fused-ring (bicyclic) bond motifs is 2. The number of nitrogens with zero attached hydrogens (tertiary/aromatic N) is 5. The van der Waals surface area contributed by atoms with Crippen LogP contribution in [0, 0.1) is 12.8 Å². The second-order valence-electron chi connectivity index (χ2n) is 9.52. The number of benzene rings is 1. The molecule has 2 aliphatic heterocycles. The fourth-order valence-electron chi connectivity index (χ4n) is 5.15. The van der Waals surface area contributed by atoms with Crippen molar-refractivity contribution in [2.75, 3.05) is 43.0 Å². The van der Waals surface area contributed by atoms with E-state index in [1.807, 2.05) is 43.5 Å². The summed E-state index contributed by atoms with van der Waals surface area (Å²) < 4.78 is 16.5. The molecule has 1 aromatic carbocycles. The summed E-state index contributed by atoms with van der Waals surface area (Å²) in [5, 5.41) is 12.6. The second kappa shape index (κ2) is 9.58. The number of anilines is 2. The van der Waals surface area contributed by atoms with Crippen LogP contribution in [0.15, 0.2) is 57.9 Å². The molecule has 1 N–H and O–H groups in total. The van der Waals surface area contributed by atoms with E-state index in [2.05, 4.69) is 36.5 Å². The molecule has 2 atom stereocenters. The van der Waals surface area contributed by atoms with Crippen molar-refractivity contribution in [3.05, 3.63) is 60.1 Å². The van der Waals surface area contributed by atoms with Gasteiger partial charge in [-0.1, -0.05) is 28.5 Å². The van der Waals surface area contributed by atoms with E-state index in [9.17, 15) is 0 Å². The molecule has 5 heterocycles. The van der Waals surface area contributed by atoms with E-state index in [0.29, 0.717) is 31.0 Å². The van der Waals surface area contributed by atoms with Gasteiger partial charge >= 0.3 is 0 Å². The Morgan fingerprint density at radius 2 is 2.03 bits per heavy atom. The fourth-order valence-corrected chi connectivity index (χ4v) is 5.15. The molecule has 0 amide bonds. The molecule has 3 aromatic heterocycles. The van der Waals surface area contributed by atoms with Crippen LogP contribution in [0.1, 0.15) is 24.1 Å². The average molecular weight is 475 g/mol. The SMILES string of the molecule is Cc1nocc1NCc1ccc(OC[C@@H]2CC[C@H]3CN(c4noc5ccccc45)CCN3C2)nc1. The first-order valence-corrected chi connectivity index (χ1v) is 12.3. The summed E-state index contributed by atoms with van der Waals surface area (Å²) in [6, 6.07) is 12.6. The minimum Gasteiger partial charge on any atom is -0.477 e. The second-order valence-corrected chi connectivity index (χ2v) is 9.52. The first kappa shape index (κ1) is 21.9. The molecule has 9 nitrogen and oxygen atoms in total. The highest BCUT2D eigenvalue weighted by Crippen LogP contribution is 2.31. The summed E-state index contributed by atoms with van der Waals surface area (Å²) in [5.74, 6) is 2.18. The van der Waals surface area contributed by atoms with Crippen molar-refractivity contribution in [1.82, 2.24) is 20.2 Å². The Bertz CT molecular complexity index is 1270. The molecule has 0 unspecified atom stereocenters. The molecular weight excluding hydrogens is 444 g/mol. The Labute approximate surface area is 204 Å². The van der Waals surface area contributed by atoms with E-state index in [0.717, 1.165) is 66.3 Å². The Kier molecular flexibility index (Phi) is 5.99. The lowest BCUT2D eigenvalue weighted by Gasteiger charge is -2.46. The van der Waals surface area contributed by atoms with Gasteiger partial charge in [-0.2, -0.15) is 0 Å². The molecule has 9 heteroatoms. The molecule has 0 aliphatic carbocycles. The number of pyridine rings is 1. The third-order valence-corrected chi connectivity index (χ3v) is 7.16. The molecule has 2 saturated heterocycles. The maximum atomic E-state index is 6.06. The molecule has 0 radical (unpaired) electrons. The normalized spacial score (nSPS) is 20.7. The summed E-state index contributed by atoms with van der Waals surface area (Å²) in [6.07, 6.45) is 5.80. The lowest BCUT2D eigenvalue weighted by atomic mass is 9.91. The van der Waals surface area contributed by atoms with Crippen LogP contribution >= 0.6 is 0 Å². The first-order chi connectivity index (χ1) is 17.2. The number of hydrogen-bond donors (Lipinski definition) is 1. The smallest absolute Gasteiger partial charge is 0.213 e. The highest BCUT2D eigenvalue weighted by atomic mass is 16.5. The van der Waals surface area contributed by atoms with Crippen molar-refractivity contribution in [1.29, 1.82) is 0 Å². The zero-order valence-electron chi connectivity index (χ0n) is 19.9. The Hall–Kier alpha value is -3.59. The van der Waals surface area contributed by atoms with Gasteiger partial charge in [-0.3, -0.25) is 4.90 Å². The van der Waals surface area contributed by atoms with Gasteiger partial charge in [0.05, 0.1) is 17.7 Å². The van der Waals surface area contributed by atoms with Gasteiger partial charge in [-0.05, 0) is 37.5 Å². The minimum atomic E-state index is 0.519. The molecule has 6 rings (SSSR count). The molecular formula is C26H30N6O3. The minimum absolute atomic E-state index is 0.519. The molecule has 182 valence electrons. The van der Waals surface area contributed by atoms with Crippen LogP contribution in [-0.2, 0) is 6.54 Å². The third-order valence-electron chi connectivity index (χ3n) is 7.16. The van der Waals surface area contributed by atoms with E-state index < -0.39 is 0 Å². The molecule has 0 saturated carbocycles. The van der Waals surface area contributed by atoms with Crippen molar-refractivity contribution in [2.45, 2.75) is 32.4 Å². The lowest BCUT2D eigenvalue weighted by Crippen LogP contribution is -2.57. The quantitative estimate of drug-likeness (QED) is 0.425. The molecule has 4 aromatic rings. The van der Waals surface area contributed by atoms with E-state index in [1.165, 1.54) is 6.42 Å². The topological polar surface area (TPSA) is 92.7 Å². The zero-order chi connectivity index (χ0) is 23.6. The summed E-state index contributed by atoms with van der Waals surface area (Å²) in [4.78, 5) is 9.49. The van der Waals surface area contributed by atoms with Crippen LogP contribution in [-0.4, -0.2) is 59.0 Å². The number of ether oxygens (including phenoxy) is 1. The van der Waals surface area contributed by atoms with E-state index in [1.54, 1.807) is 6.26 Å². The van der Waals surface area contributed by atoms with Crippen molar-refractivity contribution < 1.29 is 13.8 Å². The monoisotopic (exact) mass is 474 g/mol. The van der Waals surface area contributed by atoms with Gasteiger partial charge in [-0.25, -0.2) is 4.98 Å². The van der Waals surface area contributed by atoms with Gasteiger partial charge in [0.2, 0.25) is 5.88 Å². The maximum absolute atomic E-state index is 6.06. The fraction of sp³-hybridized carbons (Fsp3) is 0.423. The maximum Gasteiger partial charge on any atom is 0.213 e. The Morgan fingerprint density at radius 1 is 1.09 bits per heavy atom. The van der Waals surface area contributed by atoms with Gasteiger partial charge in [0.25, 0.3) is 0 Å². The van der Waals surface area contributed by atoms with Crippen molar-refractivity contribution >= 4 is 22.5 Å². The molecule has 2 fully saturated rings. The largest absolute Gasteiger partial charge is 0.477 e. The predicted octanol–water partition coefficient (Wildman–Crippen LogP) is 4.11. The number of rotatable bonds is 7. The van der Waals surface area contributed by atoms with E-state index in [4.69, 9.17) is 13.8 Å². The summed E-state index contributed by atoms with van der Waals surface area (Å²) in [7, 11) is 0. The average Bonchev–Trinajstić information content (AvgIpc) is 3.52. The summed E-state index contributed by atoms with van der Waals surface area (Å²) >= 11 is 0. The van der Waals surface area contributed by atoms with Crippen LogP contribution in [0.2, 0.25) is 0 Å². The molecule has 0 spiro atoms.